The number of carboxylic acids is 2. The van der Waals surface area contributed by atoms with E-state index in [1.807, 2.05) is 0 Å². The minimum absolute atomic E-state index is 0. The van der Waals surface area contributed by atoms with Gasteiger partial charge in [0.2, 0.25) is 0 Å². The zero-order valence-electron chi connectivity index (χ0n) is 19.1. The zero-order chi connectivity index (χ0) is 22.4. The zero-order valence-corrected chi connectivity index (χ0v) is 22.4. The Morgan fingerprint density at radius 3 is 1.17 bits per heavy atom. The van der Waals surface area contributed by atoms with Crippen LogP contribution < -0.4 is 10.2 Å². The van der Waals surface area contributed by atoms with Crippen molar-refractivity contribution in [1.29, 1.82) is 0 Å². The van der Waals surface area contributed by atoms with E-state index >= 15 is 0 Å². The second kappa shape index (κ2) is 17.9. The van der Waals surface area contributed by atoms with Crippen molar-refractivity contribution in [3.8, 4) is 0 Å². The molecule has 2 unspecified atom stereocenters. The number of carbonyl (C=O) groups excluding carboxylic acids is 2. The van der Waals surface area contributed by atoms with Crippen molar-refractivity contribution >= 4 is 37.2 Å². The molecule has 0 aromatic heterocycles. The summed E-state index contributed by atoms with van der Waals surface area (Å²) >= 11 is 8.12. The Kier molecular flexibility index (Phi) is 21.0. The van der Waals surface area contributed by atoms with Gasteiger partial charge in [-0.15, -0.1) is 0 Å². The number of carbonyl (C=O) groups is 2. The van der Waals surface area contributed by atoms with Crippen molar-refractivity contribution in [2.75, 3.05) is 0 Å². The molecule has 29 heavy (non-hydrogen) atoms. The molecule has 0 saturated carbocycles. The number of carboxylic acid groups (broad SMARTS) is 2. The fraction of sp³-hybridized carbons (Fsp3) is 0.909. The second-order valence-electron chi connectivity index (χ2n) is 9.11. The minimum atomic E-state index is -1.07. The molecule has 0 heterocycles. The van der Waals surface area contributed by atoms with E-state index in [2.05, 4.69) is 53.0 Å². The van der Waals surface area contributed by atoms with Crippen molar-refractivity contribution in [1.82, 2.24) is 0 Å². The van der Waals surface area contributed by atoms with Crippen molar-refractivity contribution < 1.29 is 40.2 Å². The standard InChI is InChI=1S/2C11H22O2S.Pd/c2*1-9(2)7-5-4-6-8-11(3,14)10(12)13;/h2*9,14H,4-8H2,1-3H3,(H,12,13);/q;;+2/p-2. The second-order valence-corrected chi connectivity index (χ2v) is 11.1. The van der Waals surface area contributed by atoms with Gasteiger partial charge in [0.05, 0.1) is 11.9 Å². The van der Waals surface area contributed by atoms with Crippen LogP contribution in [-0.4, -0.2) is 21.4 Å². The largest absolute Gasteiger partial charge is 2.00 e. The summed E-state index contributed by atoms with van der Waals surface area (Å²) in [7, 11) is 0. The summed E-state index contributed by atoms with van der Waals surface area (Å²) in [6, 6.07) is 0. The van der Waals surface area contributed by atoms with Gasteiger partial charge in [0, 0.05) is 9.49 Å². The van der Waals surface area contributed by atoms with Crippen molar-refractivity contribution in [2.45, 2.75) is 115 Å². The average Bonchev–Trinajstić information content (AvgIpc) is 2.53. The van der Waals surface area contributed by atoms with E-state index in [9.17, 15) is 19.8 Å². The Labute approximate surface area is 203 Å². The molecule has 2 atom stereocenters. The van der Waals surface area contributed by atoms with Crippen molar-refractivity contribution in [2.24, 2.45) is 11.8 Å². The summed E-state index contributed by atoms with van der Waals surface area (Å²) < 4.78 is -1.92. The first kappa shape index (κ1) is 33.9. The molecular weight excluding hydrogens is 499 g/mol. The molecule has 0 aliphatic heterocycles. The summed E-state index contributed by atoms with van der Waals surface area (Å²) in [5.74, 6) is -0.661. The van der Waals surface area contributed by atoms with Crippen molar-refractivity contribution in [3.63, 3.8) is 0 Å². The molecule has 0 aliphatic carbocycles. The van der Waals surface area contributed by atoms with Gasteiger partial charge < -0.3 is 19.8 Å². The van der Waals surface area contributed by atoms with Crippen LogP contribution in [0.15, 0.2) is 0 Å². The normalized spacial score (nSPS) is 15.0. The fourth-order valence-electron chi connectivity index (χ4n) is 2.60. The third kappa shape index (κ3) is 21.3. The first-order chi connectivity index (χ1) is 12.7. The molecule has 0 fully saturated rings. The van der Waals surface area contributed by atoms with E-state index in [0.717, 1.165) is 37.5 Å². The van der Waals surface area contributed by atoms with Crippen LogP contribution in [0.1, 0.15) is 106 Å². The Balaban J connectivity index is -0.000000451. The van der Waals surface area contributed by atoms with Gasteiger partial charge in [0.25, 0.3) is 0 Å². The number of aliphatic carboxylic acids is 2. The van der Waals surface area contributed by atoms with Crippen LogP contribution >= 0.6 is 25.3 Å². The number of rotatable bonds is 14. The smallest absolute Gasteiger partial charge is 0.549 e. The Morgan fingerprint density at radius 2 is 0.966 bits per heavy atom. The third-order valence-corrected chi connectivity index (χ3v) is 5.58. The molecule has 0 N–H and O–H groups in total. The monoisotopic (exact) mass is 540 g/mol. The van der Waals surface area contributed by atoms with Crippen LogP contribution in [0.2, 0.25) is 0 Å². The van der Waals surface area contributed by atoms with Gasteiger partial charge in [-0.1, -0.05) is 79.1 Å². The van der Waals surface area contributed by atoms with Gasteiger partial charge in [-0.2, -0.15) is 25.3 Å². The summed E-state index contributed by atoms with van der Waals surface area (Å²) in [5, 5.41) is 21.2. The van der Waals surface area contributed by atoms with Gasteiger partial charge in [-0.05, 0) is 38.5 Å². The third-order valence-electron chi connectivity index (χ3n) is 4.77. The summed E-state index contributed by atoms with van der Waals surface area (Å²) in [4.78, 5) is 21.2. The maximum atomic E-state index is 10.6. The Bertz CT molecular complexity index is 399. The number of unbranched alkanes of at least 4 members (excludes halogenated alkanes) is 4. The van der Waals surface area contributed by atoms with Crippen LogP contribution in [-0.2, 0) is 30.0 Å². The Hall–Kier alpha value is 0.302. The number of hydrogen-bond acceptors (Lipinski definition) is 6. The SMILES string of the molecule is CC(C)CCCCCC(C)(S)C(=O)[O-].CC(C)CCCCCC(C)(S)C(=O)[O-].[Pd+2]. The quantitative estimate of drug-likeness (QED) is 0.198. The number of thiol groups is 2. The molecule has 0 aromatic carbocycles. The van der Waals surface area contributed by atoms with E-state index < -0.39 is 21.4 Å². The molecule has 7 heteroatoms. The van der Waals surface area contributed by atoms with E-state index in [1.54, 1.807) is 13.8 Å². The maximum Gasteiger partial charge on any atom is 2.00 e. The summed E-state index contributed by atoms with van der Waals surface area (Å²) in [6.45, 7) is 12.0. The summed E-state index contributed by atoms with van der Waals surface area (Å²) in [6.07, 6.45) is 9.98. The molecule has 0 aromatic rings. The van der Waals surface area contributed by atoms with Crippen molar-refractivity contribution in [3.05, 3.63) is 0 Å². The van der Waals surface area contributed by atoms with E-state index in [1.165, 1.54) is 25.7 Å². The van der Waals surface area contributed by atoms with E-state index in [0.29, 0.717) is 12.8 Å². The maximum absolute atomic E-state index is 10.6. The van der Waals surface area contributed by atoms with Crippen LogP contribution in [0.3, 0.4) is 0 Å². The molecule has 0 saturated heterocycles. The molecule has 176 valence electrons. The minimum Gasteiger partial charge on any atom is -0.549 e. The van der Waals surface area contributed by atoms with Gasteiger partial charge in [0.1, 0.15) is 0 Å². The van der Waals surface area contributed by atoms with Crippen LogP contribution in [0.25, 0.3) is 0 Å². The molecule has 0 bridgehead atoms. The van der Waals surface area contributed by atoms with Gasteiger partial charge in [-0.25, -0.2) is 0 Å². The van der Waals surface area contributed by atoms with Gasteiger partial charge in [-0.3, -0.25) is 0 Å². The summed E-state index contributed by atoms with van der Waals surface area (Å²) in [5.41, 5.74) is 0. The van der Waals surface area contributed by atoms with Gasteiger partial charge in [0.15, 0.2) is 0 Å². The molecule has 0 rings (SSSR count). The fourth-order valence-corrected chi connectivity index (χ4v) is 2.92. The van der Waals surface area contributed by atoms with E-state index in [4.69, 9.17) is 0 Å². The molecule has 4 nitrogen and oxygen atoms in total. The first-order valence-electron chi connectivity index (χ1n) is 10.6. The average molecular weight is 541 g/mol. The van der Waals surface area contributed by atoms with E-state index in [-0.39, 0.29) is 20.4 Å². The van der Waals surface area contributed by atoms with Crippen LogP contribution in [0.4, 0.5) is 0 Å². The molecular formula is C22H42O4PdS2. The predicted octanol–water partition coefficient (Wildman–Crippen LogP) is 4.06. The molecule has 0 aliphatic rings. The Morgan fingerprint density at radius 1 is 0.690 bits per heavy atom. The molecule has 0 spiro atoms. The first-order valence-corrected chi connectivity index (χ1v) is 11.5. The molecule has 0 radical (unpaired) electrons. The van der Waals surface area contributed by atoms with Crippen LogP contribution in [0.5, 0.6) is 0 Å². The van der Waals surface area contributed by atoms with Crippen LogP contribution in [0, 0.1) is 11.8 Å². The predicted molar refractivity (Wildman–Crippen MR) is 121 cm³/mol. The van der Waals surface area contributed by atoms with Gasteiger partial charge >= 0.3 is 20.4 Å². The topological polar surface area (TPSA) is 80.3 Å². The molecule has 0 amide bonds. The number of hydrogen-bond donors (Lipinski definition) is 2.